The molecule has 1 aliphatic carbocycles. The van der Waals surface area contributed by atoms with Gasteiger partial charge in [0, 0.05) is 30.6 Å². The summed E-state index contributed by atoms with van der Waals surface area (Å²) in [5, 5.41) is 13.2. The number of imidazole rings is 1. The average Bonchev–Trinajstić information content (AvgIpc) is 3.28. The highest BCUT2D eigenvalue weighted by atomic mass is 19.3. The summed E-state index contributed by atoms with van der Waals surface area (Å²) >= 11 is 0. The minimum atomic E-state index is -3.03. The Bertz CT molecular complexity index is 1780. The number of nitrogens with one attached hydrogen (secondary N) is 1. The molecule has 0 unspecified atom stereocenters. The molecule has 256 valence electrons. The number of aliphatic hydroxyl groups is 1. The molecule has 0 radical (unpaired) electrons. The van der Waals surface area contributed by atoms with Crippen LogP contribution in [0.3, 0.4) is 0 Å². The number of ether oxygens (including phenoxy) is 1. The van der Waals surface area contributed by atoms with E-state index in [0.717, 1.165) is 50.7 Å². The zero-order valence-corrected chi connectivity index (χ0v) is 26.5. The number of nitrogens with two attached hydrogens (primary N) is 1. The van der Waals surface area contributed by atoms with Crippen LogP contribution >= 0.6 is 0 Å². The summed E-state index contributed by atoms with van der Waals surface area (Å²) in [7, 11) is 1.23. The maximum Gasteiger partial charge on any atom is 0.265 e. The van der Waals surface area contributed by atoms with Gasteiger partial charge in [0.2, 0.25) is 5.91 Å². The van der Waals surface area contributed by atoms with Crippen LogP contribution in [0.2, 0.25) is 0 Å². The Hall–Kier alpha value is -4.37. The molecule has 11 nitrogen and oxygen atoms in total. The van der Waals surface area contributed by atoms with Crippen LogP contribution in [0.1, 0.15) is 56.9 Å². The van der Waals surface area contributed by atoms with Crippen LogP contribution < -0.4 is 20.7 Å². The van der Waals surface area contributed by atoms with Gasteiger partial charge in [0.15, 0.2) is 28.5 Å². The fourth-order valence-corrected chi connectivity index (χ4v) is 6.77. The number of nitrogens with zero attached hydrogens (tertiary/aromatic N) is 6. The number of piperidine rings is 1. The lowest BCUT2D eigenvalue weighted by Gasteiger charge is -2.44. The van der Waals surface area contributed by atoms with Gasteiger partial charge in [-0.25, -0.2) is 32.5 Å². The number of amides is 1. The quantitative estimate of drug-likeness (QED) is 0.165. The summed E-state index contributed by atoms with van der Waals surface area (Å²) in [5.74, 6) is -1.73. The molecule has 4 heterocycles. The predicted molar refractivity (Wildman–Crippen MR) is 171 cm³/mol. The van der Waals surface area contributed by atoms with Gasteiger partial charge in [0.1, 0.15) is 18.2 Å². The third-order valence-electron chi connectivity index (χ3n) is 9.42. The van der Waals surface area contributed by atoms with E-state index in [9.17, 15) is 23.1 Å². The van der Waals surface area contributed by atoms with Crippen LogP contribution in [0.4, 0.5) is 29.1 Å². The molecule has 2 atom stereocenters. The third-order valence-corrected chi connectivity index (χ3v) is 9.42. The molecule has 48 heavy (non-hydrogen) atoms. The predicted octanol–water partition coefficient (Wildman–Crippen LogP) is 5.06. The molecule has 2 fully saturated rings. The molecular weight excluding hydrogens is 632 g/mol. The molecule has 1 aromatic carbocycles. The van der Waals surface area contributed by atoms with E-state index >= 15 is 4.39 Å². The molecule has 1 aliphatic heterocycles. The van der Waals surface area contributed by atoms with Crippen molar-refractivity contribution in [3.63, 3.8) is 0 Å². The van der Waals surface area contributed by atoms with Crippen molar-refractivity contribution < 1.29 is 32.2 Å². The summed E-state index contributed by atoms with van der Waals surface area (Å²) < 4.78 is 63.6. The third kappa shape index (κ3) is 6.79. The topological polar surface area (TPSA) is 144 Å². The van der Waals surface area contributed by atoms with Gasteiger partial charge in [-0.05, 0) is 43.4 Å². The van der Waals surface area contributed by atoms with Gasteiger partial charge < -0.3 is 30.4 Å². The first kappa shape index (κ1) is 33.5. The van der Waals surface area contributed by atoms with E-state index in [2.05, 4.69) is 25.3 Å². The Morgan fingerprint density at radius 1 is 1.08 bits per heavy atom. The van der Waals surface area contributed by atoms with Crippen molar-refractivity contribution in [2.75, 3.05) is 30.4 Å². The highest BCUT2D eigenvalue weighted by Gasteiger charge is 2.43. The number of alkyl halides is 2. The Labute approximate surface area is 274 Å². The second kappa shape index (κ2) is 14.0. The van der Waals surface area contributed by atoms with Gasteiger partial charge in [-0.2, -0.15) is 0 Å². The normalized spacial score (nSPS) is 19.8. The number of benzene rings is 1. The number of rotatable bonds is 9. The van der Waals surface area contributed by atoms with E-state index in [1.807, 2.05) is 0 Å². The van der Waals surface area contributed by atoms with E-state index in [1.54, 1.807) is 15.5 Å². The van der Waals surface area contributed by atoms with Crippen molar-refractivity contribution in [3.05, 3.63) is 54.2 Å². The van der Waals surface area contributed by atoms with Crippen LogP contribution in [-0.2, 0) is 11.3 Å². The molecule has 1 saturated heterocycles. The number of pyridine rings is 1. The number of hydrogen-bond acceptors (Lipinski definition) is 9. The number of anilines is 2. The minimum Gasteiger partial charge on any atom is -0.494 e. The van der Waals surface area contributed by atoms with Crippen LogP contribution in [0.25, 0.3) is 22.4 Å². The number of aromatic nitrogens is 5. The van der Waals surface area contributed by atoms with Crippen molar-refractivity contribution in [1.82, 2.24) is 24.5 Å². The molecule has 6 rings (SSSR count). The van der Waals surface area contributed by atoms with E-state index in [0.29, 0.717) is 35.4 Å². The molecule has 4 N–H and O–H groups in total. The average molecular weight is 671 g/mol. The largest absolute Gasteiger partial charge is 0.494 e. The van der Waals surface area contributed by atoms with E-state index in [-0.39, 0.29) is 54.2 Å². The Morgan fingerprint density at radius 2 is 1.85 bits per heavy atom. The van der Waals surface area contributed by atoms with Gasteiger partial charge in [-0.3, -0.25) is 9.78 Å². The fourth-order valence-electron chi connectivity index (χ4n) is 6.77. The molecule has 1 amide bonds. The first-order valence-electron chi connectivity index (χ1n) is 16.1. The maximum absolute atomic E-state index is 15.2. The van der Waals surface area contributed by atoms with Gasteiger partial charge in [0.05, 0.1) is 43.1 Å². The van der Waals surface area contributed by atoms with Crippen molar-refractivity contribution in [2.24, 2.45) is 11.7 Å². The molecule has 15 heteroatoms. The number of carbonyl (C=O) groups is 1. The Kier molecular flexibility index (Phi) is 9.78. The van der Waals surface area contributed by atoms with Crippen LogP contribution in [0, 0.1) is 17.6 Å². The van der Waals surface area contributed by atoms with Gasteiger partial charge >= 0.3 is 0 Å². The lowest BCUT2D eigenvalue weighted by Crippen LogP contribution is -2.63. The number of fused-ring (bicyclic) bond motifs is 1. The molecule has 0 spiro atoms. The van der Waals surface area contributed by atoms with Gasteiger partial charge in [0.25, 0.3) is 6.43 Å². The summed E-state index contributed by atoms with van der Waals surface area (Å²) in [6, 6.07) is 3.51. The summed E-state index contributed by atoms with van der Waals surface area (Å²) in [5.41, 5.74) is 6.59. The fraction of sp³-hybridized carbons (Fsp3) is 0.485. The van der Waals surface area contributed by atoms with Gasteiger partial charge in [-0.1, -0.05) is 25.7 Å². The van der Waals surface area contributed by atoms with Gasteiger partial charge in [-0.15, -0.1) is 0 Å². The molecule has 4 aromatic rings. The zero-order valence-electron chi connectivity index (χ0n) is 26.5. The van der Waals surface area contributed by atoms with Crippen molar-refractivity contribution >= 4 is 28.6 Å². The number of methoxy groups -OCH3 is 1. The standard InChI is InChI=1S/C33H38F4N8O3/c1-48-26-13-22(34)21(12-23(26)35)24-11-20(25(14-39-24)44-10-6-9-33(38,16-44)28(46)29(36)37)15-45-18-42-27-30(40-17-41-31(27)45)43-32(47)19-7-4-2-3-5-8-19/h11-14,17-19,28-29,46H,2-10,15-16,38H2,1H3,(H,40,41,43,47)/t28-,33-/m1/s1. The molecule has 2 aliphatic rings. The zero-order chi connectivity index (χ0) is 34.0. The van der Waals surface area contributed by atoms with Crippen LogP contribution in [-0.4, -0.2) is 73.8 Å². The monoisotopic (exact) mass is 670 g/mol. The number of hydrogen-bond donors (Lipinski definition) is 3. The summed E-state index contributed by atoms with van der Waals surface area (Å²) in [6.07, 6.45) is 5.70. The lowest BCUT2D eigenvalue weighted by molar-refractivity contribution is -0.120. The van der Waals surface area contributed by atoms with Crippen molar-refractivity contribution in [1.29, 1.82) is 0 Å². The summed E-state index contributed by atoms with van der Waals surface area (Å²) in [4.78, 5) is 32.5. The molecular formula is C33H38F4N8O3. The number of aliphatic hydroxyl groups excluding tert-OH is 1. The molecule has 0 bridgehead atoms. The van der Waals surface area contributed by atoms with E-state index < -0.39 is 29.7 Å². The highest BCUT2D eigenvalue weighted by molar-refractivity contribution is 5.97. The highest BCUT2D eigenvalue weighted by Crippen LogP contribution is 2.35. The van der Waals surface area contributed by atoms with Crippen molar-refractivity contribution in [3.8, 4) is 17.0 Å². The Morgan fingerprint density at radius 3 is 2.58 bits per heavy atom. The van der Waals surface area contributed by atoms with E-state index in [4.69, 9.17) is 10.5 Å². The second-order valence-corrected chi connectivity index (χ2v) is 12.6. The first-order chi connectivity index (χ1) is 23.1. The maximum atomic E-state index is 15.2. The summed E-state index contributed by atoms with van der Waals surface area (Å²) in [6.45, 7) is 0.432. The Balaban J connectivity index is 1.37. The lowest BCUT2D eigenvalue weighted by atomic mass is 9.84. The SMILES string of the molecule is COc1cc(F)c(-c2cc(Cn3cnc4c(NC(=O)C5CCCCCC5)ncnc43)c(N3CCC[C@](N)([C@H](O)C(F)F)C3)cn2)cc1F. The molecule has 3 aromatic heterocycles. The van der Waals surface area contributed by atoms with Crippen molar-refractivity contribution in [2.45, 2.75) is 76.0 Å². The minimum absolute atomic E-state index is 0.0950. The second-order valence-electron chi connectivity index (χ2n) is 12.6. The number of carbonyl (C=O) groups excluding carboxylic acids is 1. The van der Waals surface area contributed by atoms with Crippen LogP contribution in [0.15, 0.2) is 37.1 Å². The molecule has 1 saturated carbocycles. The smallest absolute Gasteiger partial charge is 0.265 e. The van der Waals surface area contributed by atoms with E-state index in [1.165, 1.54) is 26.0 Å². The first-order valence-corrected chi connectivity index (χ1v) is 16.1. The number of halogens is 4. The van der Waals surface area contributed by atoms with Crippen LogP contribution in [0.5, 0.6) is 5.75 Å².